The van der Waals surface area contributed by atoms with Crippen LogP contribution in [-0.2, 0) is 0 Å². The Hall–Kier alpha value is -3.27. The van der Waals surface area contributed by atoms with E-state index in [-0.39, 0.29) is 0 Å². The lowest BCUT2D eigenvalue weighted by molar-refractivity contribution is 0.0735. The van der Waals surface area contributed by atoms with E-state index in [0.29, 0.717) is 16.8 Å². The molecule has 0 aliphatic rings. The highest BCUT2D eigenvalue weighted by Crippen LogP contribution is 2.21. The van der Waals surface area contributed by atoms with E-state index in [2.05, 4.69) is 9.97 Å². The van der Waals surface area contributed by atoms with Crippen LogP contribution in [0, 0.1) is 0 Å². The van der Waals surface area contributed by atoms with Crippen molar-refractivity contribution in [2.75, 3.05) is 0 Å². The van der Waals surface area contributed by atoms with Crippen LogP contribution in [0.1, 0.15) is 10.4 Å². The van der Waals surface area contributed by atoms with Crippen LogP contribution in [-0.4, -0.2) is 15.9 Å². The monoisotopic (exact) mass is 300 g/mol. The number of carbonyl (C=O) groups excluding carboxylic acids is 1. The second-order valence-corrected chi connectivity index (χ2v) is 5.12. The zero-order valence-corrected chi connectivity index (χ0v) is 12.1. The predicted molar refractivity (Wildman–Crippen MR) is 88.4 cm³/mol. The van der Waals surface area contributed by atoms with Gasteiger partial charge in [-0.1, -0.05) is 30.3 Å². The number of aromatic nitrogens is 2. The second-order valence-electron chi connectivity index (χ2n) is 5.12. The SMILES string of the molecule is O=C(Oc1ccc2nc3ccccc3nc2c1)c1ccccc1. The van der Waals surface area contributed by atoms with Crippen molar-refractivity contribution in [3.8, 4) is 5.75 Å². The van der Waals surface area contributed by atoms with Gasteiger partial charge in [-0.2, -0.15) is 0 Å². The molecule has 0 radical (unpaired) electrons. The minimum absolute atomic E-state index is 0.390. The molecule has 0 bridgehead atoms. The van der Waals surface area contributed by atoms with E-state index in [0.717, 1.165) is 16.6 Å². The summed E-state index contributed by atoms with van der Waals surface area (Å²) in [5.74, 6) is 0.0645. The Kier molecular flexibility index (Phi) is 3.20. The molecule has 0 aliphatic heterocycles. The maximum Gasteiger partial charge on any atom is 0.343 e. The molecule has 110 valence electrons. The van der Waals surface area contributed by atoms with Crippen LogP contribution < -0.4 is 4.74 Å². The fourth-order valence-electron chi connectivity index (χ4n) is 2.40. The first-order chi connectivity index (χ1) is 11.3. The molecule has 0 spiro atoms. The van der Waals surface area contributed by atoms with Crippen molar-refractivity contribution in [2.45, 2.75) is 0 Å². The molecule has 4 nitrogen and oxygen atoms in total. The number of hydrogen-bond donors (Lipinski definition) is 0. The highest BCUT2D eigenvalue weighted by molar-refractivity contribution is 5.92. The molecule has 0 amide bonds. The molecule has 0 aliphatic carbocycles. The number of benzene rings is 3. The quantitative estimate of drug-likeness (QED) is 0.319. The molecule has 0 N–H and O–H groups in total. The molecule has 23 heavy (non-hydrogen) atoms. The van der Waals surface area contributed by atoms with Gasteiger partial charge in [0.25, 0.3) is 0 Å². The van der Waals surface area contributed by atoms with Crippen LogP contribution in [0.25, 0.3) is 22.1 Å². The molecular weight excluding hydrogens is 288 g/mol. The van der Waals surface area contributed by atoms with E-state index in [1.165, 1.54) is 0 Å². The van der Waals surface area contributed by atoms with Gasteiger partial charge in [-0.05, 0) is 36.4 Å². The highest BCUT2D eigenvalue weighted by Gasteiger charge is 2.09. The topological polar surface area (TPSA) is 52.1 Å². The minimum atomic E-state index is -0.390. The molecule has 4 aromatic rings. The van der Waals surface area contributed by atoms with Crippen LogP contribution >= 0.6 is 0 Å². The Bertz CT molecular complexity index is 1010. The van der Waals surface area contributed by atoms with E-state index >= 15 is 0 Å². The molecule has 0 saturated carbocycles. The third kappa shape index (κ3) is 2.62. The number of nitrogens with zero attached hydrogens (tertiary/aromatic N) is 2. The highest BCUT2D eigenvalue weighted by atomic mass is 16.5. The molecule has 1 heterocycles. The summed E-state index contributed by atoms with van der Waals surface area (Å²) in [7, 11) is 0. The summed E-state index contributed by atoms with van der Waals surface area (Å²) in [5.41, 5.74) is 3.63. The summed E-state index contributed by atoms with van der Waals surface area (Å²) in [6.07, 6.45) is 0. The lowest BCUT2D eigenvalue weighted by Crippen LogP contribution is -2.08. The summed E-state index contributed by atoms with van der Waals surface area (Å²) in [5, 5.41) is 0. The van der Waals surface area contributed by atoms with E-state index in [1.54, 1.807) is 36.4 Å². The Morgan fingerprint density at radius 2 is 1.30 bits per heavy atom. The Balaban J connectivity index is 1.71. The standard InChI is InChI=1S/C19H12N2O2/c22-19(13-6-2-1-3-7-13)23-14-10-11-17-18(12-14)21-16-9-5-4-8-15(16)20-17/h1-12H. The zero-order chi connectivity index (χ0) is 15.6. The maximum absolute atomic E-state index is 12.1. The second kappa shape index (κ2) is 5.50. The van der Waals surface area contributed by atoms with Gasteiger partial charge in [-0.15, -0.1) is 0 Å². The smallest absolute Gasteiger partial charge is 0.343 e. The lowest BCUT2D eigenvalue weighted by Gasteiger charge is -2.06. The summed E-state index contributed by atoms with van der Waals surface area (Å²) in [6, 6.07) is 21.8. The number of ether oxygens (including phenoxy) is 1. The van der Waals surface area contributed by atoms with Crippen molar-refractivity contribution >= 4 is 28.0 Å². The molecule has 4 heteroatoms. The molecule has 0 saturated heterocycles. The van der Waals surface area contributed by atoms with E-state index < -0.39 is 5.97 Å². The van der Waals surface area contributed by atoms with Crippen molar-refractivity contribution in [1.82, 2.24) is 9.97 Å². The molecule has 3 aromatic carbocycles. The predicted octanol–water partition coefficient (Wildman–Crippen LogP) is 4.00. The van der Waals surface area contributed by atoms with Crippen LogP contribution in [0.2, 0.25) is 0 Å². The molecule has 1 aromatic heterocycles. The number of rotatable bonds is 2. The van der Waals surface area contributed by atoms with Crippen LogP contribution in [0.5, 0.6) is 5.75 Å². The third-order valence-corrected chi connectivity index (χ3v) is 3.53. The van der Waals surface area contributed by atoms with Gasteiger partial charge in [0.15, 0.2) is 0 Å². The molecule has 0 unspecified atom stereocenters. The average molecular weight is 300 g/mol. The summed E-state index contributed by atoms with van der Waals surface area (Å²) < 4.78 is 5.41. The van der Waals surface area contributed by atoms with Gasteiger partial charge in [0, 0.05) is 6.07 Å². The summed E-state index contributed by atoms with van der Waals surface area (Å²) in [4.78, 5) is 21.2. The fourth-order valence-corrected chi connectivity index (χ4v) is 2.40. The Morgan fingerprint density at radius 3 is 2.04 bits per heavy atom. The fraction of sp³-hybridized carbons (Fsp3) is 0. The third-order valence-electron chi connectivity index (χ3n) is 3.53. The van der Waals surface area contributed by atoms with Gasteiger partial charge >= 0.3 is 5.97 Å². The van der Waals surface area contributed by atoms with Gasteiger partial charge in [0.1, 0.15) is 5.75 Å². The minimum Gasteiger partial charge on any atom is -0.423 e. The van der Waals surface area contributed by atoms with Crippen molar-refractivity contribution < 1.29 is 9.53 Å². The number of carbonyl (C=O) groups is 1. The van der Waals surface area contributed by atoms with Crippen molar-refractivity contribution in [3.63, 3.8) is 0 Å². The zero-order valence-electron chi connectivity index (χ0n) is 12.1. The van der Waals surface area contributed by atoms with Gasteiger partial charge in [-0.3, -0.25) is 0 Å². The van der Waals surface area contributed by atoms with Gasteiger partial charge in [0.2, 0.25) is 0 Å². The van der Waals surface area contributed by atoms with E-state index in [1.807, 2.05) is 36.4 Å². The number of hydrogen-bond acceptors (Lipinski definition) is 4. The lowest BCUT2D eigenvalue weighted by atomic mass is 10.2. The first kappa shape index (κ1) is 13.4. The number of para-hydroxylation sites is 2. The summed E-state index contributed by atoms with van der Waals surface area (Å²) in [6.45, 7) is 0. The van der Waals surface area contributed by atoms with Crippen molar-refractivity contribution in [2.24, 2.45) is 0 Å². The van der Waals surface area contributed by atoms with E-state index in [9.17, 15) is 4.79 Å². The maximum atomic E-state index is 12.1. The first-order valence-corrected chi connectivity index (χ1v) is 7.23. The van der Waals surface area contributed by atoms with Crippen LogP contribution in [0.3, 0.4) is 0 Å². The molecular formula is C19H12N2O2. The normalized spacial score (nSPS) is 10.8. The van der Waals surface area contributed by atoms with Crippen LogP contribution in [0.15, 0.2) is 72.8 Å². The Morgan fingerprint density at radius 1 is 0.696 bits per heavy atom. The van der Waals surface area contributed by atoms with Gasteiger partial charge < -0.3 is 4.74 Å². The average Bonchev–Trinajstić information content (AvgIpc) is 2.60. The summed E-state index contributed by atoms with van der Waals surface area (Å²) >= 11 is 0. The van der Waals surface area contributed by atoms with E-state index in [4.69, 9.17) is 4.74 Å². The number of fused-ring (bicyclic) bond motifs is 2. The number of esters is 1. The molecule has 0 atom stereocenters. The van der Waals surface area contributed by atoms with Crippen molar-refractivity contribution in [3.05, 3.63) is 78.4 Å². The van der Waals surface area contributed by atoms with Gasteiger partial charge in [0.05, 0.1) is 27.6 Å². The largest absolute Gasteiger partial charge is 0.423 e. The first-order valence-electron chi connectivity index (χ1n) is 7.23. The molecule has 4 rings (SSSR count). The molecule has 0 fully saturated rings. The van der Waals surface area contributed by atoms with Crippen LogP contribution in [0.4, 0.5) is 0 Å². The van der Waals surface area contributed by atoms with Gasteiger partial charge in [-0.25, -0.2) is 14.8 Å². The Labute approximate surface area is 132 Å². The van der Waals surface area contributed by atoms with Crippen molar-refractivity contribution in [1.29, 1.82) is 0 Å².